The molecule has 70 valence electrons. The predicted octanol–water partition coefficient (Wildman–Crippen LogP) is 1.35. The van der Waals surface area contributed by atoms with Crippen molar-refractivity contribution in [1.29, 1.82) is 0 Å². The van der Waals surface area contributed by atoms with Crippen molar-refractivity contribution in [1.82, 2.24) is 9.97 Å². The van der Waals surface area contributed by atoms with Crippen LogP contribution in [0.15, 0.2) is 4.79 Å². The van der Waals surface area contributed by atoms with Crippen molar-refractivity contribution in [3.05, 3.63) is 27.4 Å². The van der Waals surface area contributed by atoms with Gasteiger partial charge in [-0.1, -0.05) is 6.42 Å². The Labute approximate surface area is 77.2 Å². The minimum Gasteiger partial charge on any atom is -0.310 e. The Morgan fingerprint density at radius 2 is 2.00 bits per heavy atom. The molecule has 0 radical (unpaired) electrons. The molecule has 0 atom stereocenters. The fraction of sp³-hybridized carbons (Fsp3) is 0.600. The monoisotopic (exact) mass is 178 g/mol. The summed E-state index contributed by atoms with van der Waals surface area (Å²) in [5, 5.41) is 0. The molecule has 0 fully saturated rings. The number of rotatable bonds is 0. The van der Waals surface area contributed by atoms with Gasteiger partial charge in [-0.25, -0.2) is 4.79 Å². The molecule has 2 rings (SSSR count). The van der Waals surface area contributed by atoms with Gasteiger partial charge in [0.2, 0.25) is 0 Å². The van der Waals surface area contributed by atoms with Crippen LogP contribution in [0.1, 0.15) is 36.2 Å². The van der Waals surface area contributed by atoms with Crippen LogP contribution in [0.25, 0.3) is 0 Å². The lowest BCUT2D eigenvalue weighted by Gasteiger charge is -2.06. The van der Waals surface area contributed by atoms with Crippen molar-refractivity contribution < 1.29 is 0 Å². The van der Waals surface area contributed by atoms with Gasteiger partial charge in [-0.05, 0) is 38.2 Å². The van der Waals surface area contributed by atoms with Crippen LogP contribution in [0.3, 0.4) is 0 Å². The smallest absolute Gasteiger partial charge is 0.310 e. The van der Waals surface area contributed by atoms with Gasteiger partial charge in [-0.15, -0.1) is 0 Å². The van der Waals surface area contributed by atoms with E-state index in [0.717, 1.165) is 24.2 Å². The molecule has 0 aromatic carbocycles. The molecule has 0 spiro atoms. The Morgan fingerprint density at radius 1 is 1.23 bits per heavy atom. The molecule has 1 heterocycles. The maximum absolute atomic E-state index is 11.1. The van der Waals surface area contributed by atoms with Gasteiger partial charge >= 0.3 is 5.69 Å². The summed E-state index contributed by atoms with van der Waals surface area (Å²) >= 11 is 0. The van der Waals surface area contributed by atoms with Gasteiger partial charge < -0.3 is 4.98 Å². The summed E-state index contributed by atoms with van der Waals surface area (Å²) in [6, 6.07) is 0. The highest BCUT2D eigenvalue weighted by atomic mass is 16.1. The van der Waals surface area contributed by atoms with E-state index < -0.39 is 0 Å². The molecule has 1 N–H and O–H groups in total. The van der Waals surface area contributed by atoms with Gasteiger partial charge in [-0.2, -0.15) is 4.98 Å². The lowest BCUT2D eigenvalue weighted by atomic mass is 10.1. The molecular formula is C10H14N2O. The summed E-state index contributed by atoms with van der Waals surface area (Å²) in [7, 11) is 0. The standard InChI is InChI=1S/C10H14N2O/c1-7-8-5-3-2-4-6-9(8)12-10(13)11-7/h2-6H2,1H3,(H,11,12,13). The highest BCUT2D eigenvalue weighted by molar-refractivity contribution is 5.24. The molecular weight excluding hydrogens is 164 g/mol. The van der Waals surface area contributed by atoms with E-state index in [2.05, 4.69) is 9.97 Å². The van der Waals surface area contributed by atoms with Crippen LogP contribution in [-0.2, 0) is 12.8 Å². The van der Waals surface area contributed by atoms with E-state index in [-0.39, 0.29) is 5.69 Å². The number of aryl methyl sites for hydroxylation is 2. The Kier molecular flexibility index (Phi) is 2.17. The zero-order valence-electron chi connectivity index (χ0n) is 7.89. The summed E-state index contributed by atoms with van der Waals surface area (Å²) in [6.45, 7) is 1.97. The fourth-order valence-electron chi connectivity index (χ4n) is 1.98. The van der Waals surface area contributed by atoms with Crippen molar-refractivity contribution in [3.63, 3.8) is 0 Å². The molecule has 0 saturated heterocycles. The van der Waals surface area contributed by atoms with Gasteiger partial charge in [0.15, 0.2) is 0 Å². The lowest BCUT2D eigenvalue weighted by Crippen LogP contribution is -2.17. The zero-order valence-corrected chi connectivity index (χ0v) is 7.89. The third kappa shape index (κ3) is 1.64. The van der Waals surface area contributed by atoms with Gasteiger partial charge in [0, 0.05) is 5.69 Å². The Hall–Kier alpha value is -1.12. The third-order valence-corrected chi connectivity index (χ3v) is 2.67. The summed E-state index contributed by atoms with van der Waals surface area (Å²) in [4.78, 5) is 17.9. The normalized spacial score (nSPS) is 16.4. The molecule has 0 bridgehead atoms. The number of aromatic amines is 1. The average molecular weight is 178 g/mol. The van der Waals surface area contributed by atoms with Crippen LogP contribution in [0.5, 0.6) is 0 Å². The highest BCUT2D eigenvalue weighted by Gasteiger charge is 2.12. The molecule has 0 saturated carbocycles. The average Bonchev–Trinajstić information content (AvgIpc) is 2.28. The summed E-state index contributed by atoms with van der Waals surface area (Å²) in [5.74, 6) is 0. The highest BCUT2D eigenvalue weighted by Crippen LogP contribution is 2.18. The van der Waals surface area contributed by atoms with Crippen LogP contribution >= 0.6 is 0 Å². The minimum atomic E-state index is -0.196. The summed E-state index contributed by atoms with van der Waals surface area (Å²) < 4.78 is 0. The van der Waals surface area contributed by atoms with Gasteiger partial charge in [0.05, 0.1) is 5.69 Å². The first-order valence-corrected chi connectivity index (χ1v) is 4.86. The van der Waals surface area contributed by atoms with Crippen LogP contribution in [0.4, 0.5) is 0 Å². The van der Waals surface area contributed by atoms with Gasteiger partial charge in [0.1, 0.15) is 0 Å². The predicted molar refractivity (Wildman–Crippen MR) is 50.9 cm³/mol. The van der Waals surface area contributed by atoms with E-state index in [9.17, 15) is 4.79 Å². The molecule has 0 amide bonds. The number of H-pyrrole nitrogens is 1. The largest absolute Gasteiger partial charge is 0.345 e. The lowest BCUT2D eigenvalue weighted by molar-refractivity contribution is 0.708. The minimum absolute atomic E-state index is 0.196. The molecule has 1 aliphatic carbocycles. The first-order valence-electron chi connectivity index (χ1n) is 4.86. The number of nitrogens with one attached hydrogen (secondary N) is 1. The quantitative estimate of drug-likeness (QED) is 0.609. The summed E-state index contributed by atoms with van der Waals surface area (Å²) in [6.07, 6.45) is 5.69. The number of nitrogens with zero attached hydrogens (tertiary/aromatic N) is 1. The second-order valence-corrected chi connectivity index (χ2v) is 3.65. The van der Waals surface area contributed by atoms with Crippen LogP contribution in [0.2, 0.25) is 0 Å². The second kappa shape index (κ2) is 3.32. The Morgan fingerprint density at radius 3 is 2.85 bits per heavy atom. The molecule has 1 aromatic heterocycles. The number of hydrogen-bond donors (Lipinski definition) is 1. The van der Waals surface area contributed by atoms with Crippen molar-refractivity contribution in [2.45, 2.75) is 39.0 Å². The number of aromatic nitrogens is 2. The molecule has 1 aliphatic rings. The summed E-state index contributed by atoms with van der Waals surface area (Å²) in [5.41, 5.74) is 3.12. The Bertz CT molecular complexity index is 368. The third-order valence-electron chi connectivity index (χ3n) is 2.67. The molecule has 3 nitrogen and oxygen atoms in total. The van der Waals surface area contributed by atoms with E-state index in [1.165, 1.54) is 24.8 Å². The number of hydrogen-bond acceptors (Lipinski definition) is 2. The van der Waals surface area contributed by atoms with Crippen LogP contribution in [0, 0.1) is 6.92 Å². The zero-order chi connectivity index (χ0) is 9.26. The second-order valence-electron chi connectivity index (χ2n) is 3.65. The number of fused-ring (bicyclic) bond motifs is 1. The van der Waals surface area contributed by atoms with E-state index >= 15 is 0 Å². The molecule has 13 heavy (non-hydrogen) atoms. The van der Waals surface area contributed by atoms with Crippen molar-refractivity contribution in [2.75, 3.05) is 0 Å². The van der Waals surface area contributed by atoms with Crippen LogP contribution < -0.4 is 5.69 Å². The maximum atomic E-state index is 11.1. The first-order chi connectivity index (χ1) is 6.27. The van der Waals surface area contributed by atoms with E-state index in [1.54, 1.807) is 0 Å². The Balaban J connectivity index is 2.53. The van der Waals surface area contributed by atoms with Crippen molar-refractivity contribution in [2.24, 2.45) is 0 Å². The van der Waals surface area contributed by atoms with Crippen molar-refractivity contribution >= 4 is 0 Å². The first kappa shape index (κ1) is 8.48. The molecule has 0 aliphatic heterocycles. The maximum Gasteiger partial charge on any atom is 0.345 e. The van der Waals surface area contributed by atoms with Gasteiger partial charge in [0.25, 0.3) is 0 Å². The van der Waals surface area contributed by atoms with Crippen LogP contribution in [-0.4, -0.2) is 9.97 Å². The SMILES string of the molecule is Cc1[nH]c(=O)nc2c1CCCCC2. The molecule has 3 heteroatoms. The van der Waals surface area contributed by atoms with E-state index in [1.807, 2.05) is 6.92 Å². The molecule has 0 unspecified atom stereocenters. The van der Waals surface area contributed by atoms with Crippen molar-refractivity contribution in [3.8, 4) is 0 Å². The van der Waals surface area contributed by atoms with E-state index in [0.29, 0.717) is 0 Å². The topological polar surface area (TPSA) is 45.8 Å². The van der Waals surface area contributed by atoms with Gasteiger partial charge in [-0.3, -0.25) is 0 Å². The molecule has 1 aromatic rings. The van der Waals surface area contributed by atoms with E-state index in [4.69, 9.17) is 0 Å². The fourth-order valence-corrected chi connectivity index (χ4v) is 1.98.